The van der Waals surface area contributed by atoms with Crippen LogP contribution in [-0.2, 0) is 38.5 Å². The summed E-state index contributed by atoms with van der Waals surface area (Å²) in [6.45, 7) is 3.88. The first-order valence-corrected chi connectivity index (χ1v) is 11.0. The first-order chi connectivity index (χ1) is 15.4. The van der Waals surface area contributed by atoms with Gasteiger partial charge in [0.05, 0.1) is 12.6 Å². The van der Waals surface area contributed by atoms with E-state index in [1.54, 1.807) is 13.8 Å². The minimum Gasteiger partial charge on any atom is -0.480 e. The molecular weight excluding hydrogens is 408 g/mol. The lowest BCUT2D eigenvalue weighted by atomic mass is 9.93. The fourth-order valence-electron chi connectivity index (χ4n) is 4.06. The zero-order valence-electron chi connectivity index (χ0n) is 18.5. The molecule has 2 N–H and O–H groups in total. The van der Waals surface area contributed by atoms with Gasteiger partial charge in [0.1, 0.15) is 12.1 Å². The number of carbonyl (C=O) groups is 3. The number of fused-ring (bicyclic) bond motifs is 1. The molecule has 1 aliphatic heterocycles. The Labute approximate surface area is 188 Å². The summed E-state index contributed by atoms with van der Waals surface area (Å²) < 4.78 is 5.20. The summed E-state index contributed by atoms with van der Waals surface area (Å²) in [5.41, 5.74) is 2.97. The number of ether oxygens (including phenoxy) is 1. The Morgan fingerprint density at radius 2 is 1.75 bits per heavy atom. The number of amides is 1. The molecule has 0 fully saturated rings. The zero-order chi connectivity index (χ0) is 23.1. The molecule has 7 heteroatoms. The number of hydrogen-bond acceptors (Lipinski definition) is 5. The van der Waals surface area contributed by atoms with E-state index in [9.17, 15) is 19.5 Å². The number of hydrogen-bond donors (Lipinski definition) is 2. The molecule has 0 saturated carbocycles. The molecule has 3 rings (SSSR count). The van der Waals surface area contributed by atoms with E-state index in [2.05, 4.69) is 5.32 Å². The van der Waals surface area contributed by atoms with Crippen LogP contribution in [0.5, 0.6) is 0 Å². The molecule has 0 spiro atoms. The Balaban J connectivity index is 1.72. The van der Waals surface area contributed by atoms with Crippen molar-refractivity contribution in [2.24, 2.45) is 0 Å². The second-order valence-electron chi connectivity index (χ2n) is 8.01. The van der Waals surface area contributed by atoms with Gasteiger partial charge in [-0.3, -0.25) is 14.9 Å². The molecular formula is C25H30N2O5. The quantitative estimate of drug-likeness (QED) is 0.584. The van der Waals surface area contributed by atoms with Gasteiger partial charge in [-0.25, -0.2) is 4.79 Å². The van der Waals surface area contributed by atoms with Crippen LogP contribution in [0.25, 0.3) is 0 Å². The van der Waals surface area contributed by atoms with E-state index in [0.717, 1.165) is 16.7 Å². The molecule has 1 aliphatic rings. The van der Waals surface area contributed by atoms with Gasteiger partial charge in [-0.1, -0.05) is 54.6 Å². The highest BCUT2D eigenvalue weighted by molar-refractivity contribution is 5.88. The van der Waals surface area contributed by atoms with Gasteiger partial charge >= 0.3 is 11.9 Å². The van der Waals surface area contributed by atoms with Crippen molar-refractivity contribution in [3.05, 3.63) is 71.3 Å². The zero-order valence-corrected chi connectivity index (χ0v) is 18.5. The Hall–Kier alpha value is -3.19. The van der Waals surface area contributed by atoms with E-state index in [0.29, 0.717) is 12.8 Å². The fraction of sp³-hybridized carbons (Fsp3) is 0.400. The van der Waals surface area contributed by atoms with Gasteiger partial charge < -0.3 is 14.7 Å². The molecule has 2 aromatic rings. The van der Waals surface area contributed by atoms with Crippen LogP contribution >= 0.6 is 0 Å². The molecule has 170 valence electrons. The van der Waals surface area contributed by atoms with E-state index >= 15 is 0 Å². The van der Waals surface area contributed by atoms with Gasteiger partial charge in [0.25, 0.3) is 0 Å². The van der Waals surface area contributed by atoms with Gasteiger partial charge in [-0.15, -0.1) is 0 Å². The summed E-state index contributed by atoms with van der Waals surface area (Å²) in [4.78, 5) is 39.1. The third-order valence-electron chi connectivity index (χ3n) is 5.77. The summed E-state index contributed by atoms with van der Waals surface area (Å²) in [5, 5.41) is 12.8. The van der Waals surface area contributed by atoms with Gasteiger partial charge in [0.15, 0.2) is 0 Å². The SMILES string of the molecule is CCOC(=O)[C@@H](CCc1ccccc1)N[C@H](C)C(=O)N1Cc2ccccc2C[C@H]1C(=O)O. The summed E-state index contributed by atoms with van der Waals surface area (Å²) in [6, 6.07) is 15.0. The Bertz CT molecular complexity index is 946. The van der Waals surface area contributed by atoms with Crippen molar-refractivity contribution >= 4 is 17.8 Å². The second kappa shape index (κ2) is 10.9. The molecule has 2 aromatic carbocycles. The number of benzene rings is 2. The van der Waals surface area contributed by atoms with Crippen molar-refractivity contribution in [3.8, 4) is 0 Å². The van der Waals surface area contributed by atoms with Gasteiger partial charge in [-0.05, 0) is 43.4 Å². The number of rotatable bonds is 9. The Morgan fingerprint density at radius 3 is 2.41 bits per heavy atom. The predicted octanol–water partition coefficient (Wildman–Crippen LogP) is 2.57. The minimum absolute atomic E-state index is 0.228. The number of carboxylic acids is 1. The lowest BCUT2D eigenvalue weighted by Crippen LogP contribution is -2.56. The van der Waals surface area contributed by atoms with Crippen LogP contribution in [0.1, 0.15) is 37.0 Å². The number of aryl methyl sites for hydroxylation is 1. The largest absolute Gasteiger partial charge is 0.480 e. The molecule has 32 heavy (non-hydrogen) atoms. The smallest absolute Gasteiger partial charge is 0.326 e. The minimum atomic E-state index is -1.04. The molecule has 0 radical (unpaired) electrons. The van der Waals surface area contributed by atoms with Crippen LogP contribution in [0.15, 0.2) is 54.6 Å². The lowest BCUT2D eigenvalue weighted by Gasteiger charge is -2.36. The van der Waals surface area contributed by atoms with Crippen molar-refractivity contribution in [3.63, 3.8) is 0 Å². The third-order valence-corrected chi connectivity index (χ3v) is 5.77. The maximum Gasteiger partial charge on any atom is 0.326 e. The summed E-state index contributed by atoms with van der Waals surface area (Å²) >= 11 is 0. The van der Waals surface area contributed by atoms with Crippen molar-refractivity contribution in [1.82, 2.24) is 10.2 Å². The highest BCUT2D eigenvalue weighted by Crippen LogP contribution is 2.24. The van der Waals surface area contributed by atoms with E-state index in [-0.39, 0.29) is 25.5 Å². The number of esters is 1. The van der Waals surface area contributed by atoms with Crippen molar-refractivity contribution < 1.29 is 24.2 Å². The van der Waals surface area contributed by atoms with E-state index < -0.39 is 30.1 Å². The number of nitrogens with zero attached hydrogens (tertiary/aromatic N) is 1. The third kappa shape index (κ3) is 5.73. The Kier molecular flexibility index (Phi) is 8.00. The van der Waals surface area contributed by atoms with E-state index in [1.165, 1.54) is 4.90 Å². The van der Waals surface area contributed by atoms with Crippen LogP contribution < -0.4 is 5.32 Å². The fourth-order valence-corrected chi connectivity index (χ4v) is 4.06. The Morgan fingerprint density at radius 1 is 1.09 bits per heavy atom. The summed E-state index contributed by atoms with van der Waals surface area (Å²) in [6.07, 6.45) is 1.37. The second-order valence-corrected chi connectivity index (χ2v) is 8.01. The van der Waals surface area contributed by atoms with Crippen molar-refractivity contribution in [1.29, 1.82) is 0 Å². The highest BCUT2D eigenvalue weighted by atomic mass is 16.5. The first kappa shape index (κ1) is 23.5. The van der Waals surface area contributed by atoms with Gasteiger partial charge in [0, 0.05) is 13.0 Å². The molecule has 1 amide bonds. The van der Waals surface area contributed by atoms with Crippen LogP contribution in [0, 0.1) is 0 Å². The highest BCUT2D eigenvalue weighted by Gasteiger charge is 2.37. The molecule has 1 heterocycles. The molecule has 3 atom stereocenters. The standard InChI is InChI=1S/C25H30N2O5/c1-3-32-25(31)21(14-13-18-9-5-4-6-10-18)26-17(2)23(28)27-16-20-12-8-7-11-19(20)15-22(27)24(29)30/h4-12,17,21-22,26H,3,13-16H2,1-2H3,(H,29,30)/t17-,21-,22+/m1/s1. The molecule has 7 nitrogen and oxygen atoms in total. The van der Waals surface area contributed by atoms with Crippen LogP contribution in [0.2, 0.25) is 0 Å². The maximum absolute atomic E-state index is 13.3. The topological polar surface area (TPSA) is 95.9 Å². The summed E-state index contributed by atoms with van der Waals surface area (Å²) in [7, 11) is 0. The average molecular weight is 439 g/mol. The first-order valence-electron chi connectivity index (χ1n) is 11.0. The number of carbonyl (C=O) groups excluding carboxylic acids is 2. The van der Waals surface area contributed by atoms with Crippen LogP contribution in [-0.4, -0.2) is 52.6 Å². The normalized spacial score (nSPS) is 17.2. The van der Waals surface area contributed by atoms with E-state index in [1.807, 2.05) is 54.6 Å². The van der Waals surface area contributed by atoms with Gasteiger partial charge in [-0.2, -0.15) is 0 Å². The molecule has 0 unspecified atom stereocenters. The number of aliphatic carboxylic acids is 1. The predicted molar refractivity (Wildman–Crippen MR) is 120 cm³/mol. The van der Waals surface area contributed by atoms with Crippen LogP contribution in [0.4, 0.5) is 0 Å². The van der Waals surface area contributed by atoms with E-state index in [4.69, 9.17) is 4.74 Å². The van der Waals surface area contributed by atoms with Crippen molar-refractivity contribution in [2.45, 2.75) is 57.8 Å². The lowest BCUT2D eigenvalue weighted by molar-refractivity contribution is -0.153. The molecule has 0 aromatic heterocycles. The maximum atomic E-state index is 13.3. The molecule has 0 saturated heterocycles. The van der Waals surface area contributed by atoms with Crippen molar-refractivity contribution in [2.75, 3.05) is 6.61 Å². The average Bonchev–Trinajstić information content (AvgIpc) is 2.80. The van der Waals surface area contributed by atoms with Gasteiger partial charge in [0.2, 0.25) is 5.91 Å². The monoisotopic (exact) mass is 438 g/mol. The van der Waals surface area contributed by atoms with Crippen LogP contribution in [0.3, 0.4) is 0 Å². The number of carboxylic acid groups (broad SMARTS) is 1. The summed E-state index contributed by atoms with van der Waals surface area (Å²) in [5.74, 6) is -1.80. The molecule has 0 bridgehead atoms. The number of nitrogens with one attached hydrogen (secondary N) is 1. The molecule has 0 aliphatic carbocycles.